The third-order valence-electron chi connectivity index (χ3n) is 2.89. The maximum absolute atomic E-state index is 12.9. The van der Waals surface area contributed by atoms with Crippen molar-refractivity contribution < 1.29 is 18.0 Å². The van der Waals surface area contributed by atoms with E-state index in [1.165, 1.54) is 18.3 Å². The summed E-state index contributed by atoms with van der Waals surface area (Å²) in [4.78, 5) is 15.9. The summed E-state index contributed by atoms with van der Waals surface area (Å²) in [7, 11) is 0. The Morgan fingerprint density at radius 1 is 1.21 bits per heavy atom. The Morgan fingerprint density at radius 3 is 2.58 bits per heavy atom. The number of rotatable bonds is 4. The smallest absolute Gasteiger partial charge is 0.359 e. The number of para-hydroxylation sites is 1. The van der Waals surface area contributed by atoms with Crippen LogP contribution in [-0.4, -0.2) is 10.9 Å². The van der Waals surface area contributed by atoms with Gasteiger partial charge in [0.1, 0.15) is 11.6 Å². The standard InChI is InChI=1S/C16H11F3N4O/c17-16(18,19)13-5-1-2-6-14(13)23-15(24)11(8-20)9-22-12-4-3-7-21-10-12/h1-7,9-10,22H,(H,23,24)/b11-9-. The van der Waals surface area contributed by atoms with Crippen molar-refractivity contribution in [2.24, 2.45) is 0 Å². The quantitative estimate of drug-likeness (QED) is 0.663. The van der Waals surface area contributed by atoms with Gasteiger partial charge in [-0.2, -0.15) is 18.4 Å². The molecule has 1 aromatic carbocycles. The van der Waals surface area contributed by atoms with Gasteiger partial charge in [-0.1, -0.05) is 12.1 Å². The average Bonchev–Trinajstić information content (AvgIpc) is 2.56. The second kappa shape index (κ2) is 7.28. The lowest BCUT2D eigenvalue weighted by Gasteiger charge is -2.13. The predicted molar refractivity (Wildman–Crippen MR) is 81.6 cm³/mol. The fraction of sp³-hybridized carbons (Fsp3) is 0.0625. The van der Waals surface area contributed by atoms with Crippen molar-refractivity contribution in [2.45, 2.75) is 6.18 Å². The summed E-state index contributed by atoms with van der Waals surface area (Å²) < 4.78 is 38.7. The number of halogens is 3. The Kier molecular flexibility index (Phi) is 5.16. The van der Waals surface area contributed by atoms with E-state index >= 15 is 0 Å². The van der Waals surface area contributed by atoms with E-state index in [1.54, 1.807) is 24.4 Å². The molecule has 0 aliphatic heterocycles. The van der Waals surface area contributed by atoms with E-state index in [9.17, 15) is 18.0 Å². The topological polar surface area (TPSA) is 77.8 Å². The molecule has 1 amide bonds. The van der Waals surface area contributed by atoms with Crippen LogP contribution in [0, 0.1) is 11.3 Å². The molecule has 0 aliphatic carbocycles. The second-order valence-corrected chi connectivity index (χ2v) is 4.55. The van der Waals surface area contributed by atoms with Crippen LogP contribution in [0.2, 0.25) is 0 Å². The zero-order chi connectivity index (χ0) is 17.6. The van der Waals surface area contributed by atoms with Crippen LogP contribution >= 0.6 is 0 Å². The van der Waals surface area contributed by atoms with Crippen molar-refractivity contribution in [1.29, 1.82) is 5.26 Å². The van der Waals surface area contributed by atoms with E-state index < -0.39 is 23.3 Å². The number of carbonyl (C=O) groups is 1. The SMILES string of the molecule is N#C/C(=C/Nc1cccnc1)C(=O)Nc1ccccc1C(F)(F)F. The molecule has 122 valence electrons. The molecule has 0 atom stereocenters. The highest BCUT2D eigenvalue weighted by molar-refractivity contribution is 6.07. The van der Waals surface area contributed by atoms with E-state index in [0.29, 0.717) is 5.69 Å². The minimum atomic E-state index is -4.62. The molecule has 2 N–H and O–H groups in total. The highest BCUT2D eigenvalue weighted by Crippen LogP contribution is 2.34. The normalized spacial score (nSPS) is 11.5. The molecule has 0 saturated carbocycles. The lowest BCUT2D eigenvalue weighted by Crippen LogP contribution is -2.18. The summed E-state index contributed by atoms with van der Waals surface area (Å²) >= 11 is 0. The van der Waals surface area contributed by atoms with Crippen molar-refractivity contribution in [1.82, 2.24) is 4.98 Å². The van der Waals surface area contributed by atoms with Crippen LogP contribution in [-0.2, 0) is 11.0 Å². The highest BCUT2D eigenvalue weighted by atomic mass is 19.4. The molecule has 8 heteroatoms. The molecule has 1 aromatic heterocycles. The first-order valence-electron chi connectivity index (χ1n) is 6.66. The van der Waals surface area contributed by atoms with E-state index in [0.717, 1.165) is 18.3 Å². The number of alkyl halides is 3. The van der Waals surface area contributed by atoms with Crippen LogP contribution in [0.3, 0.4) is 0 Å². The number of hydrogen-bond donors (Lipinski definition) is 2. The zero-order valence-corrected chi connectivity index (χ0v) is 12.1. The number of pyridine rings is 1. The van der Waals surface area contributed by atoms with Crippen molar-refractivity contribution in [3.63, 3.8) is 0 Å². The maximum atomic E-state index is 12.9. The van der Waals surface area contributed by atoms with Gasteiger partial charge in [0.15, 0.2) is 0 Å². The highest BCUT2D eigenvalue weighted by Gasteiger charge is 2.33. The van der Waals surface area contributed by atoms with Crippen molar-refractivity contribution in [2.75, 3.05) is 10.6 Å². The van der Waals surface area contributed by atoms with Gasteiger partial charge in [0.05, 0.1) is 23.1 Å². The summed E-state index contributed by atoms with van der Waals surface area (Å²) in [6, 6.07) is 9.45. The molecule has 2 aromatic rings. The van der Waals surface area contributed by atoms with Gasteiger partial charge >= 0.3 is 6.18 Å². The average molecular weight is 332 g/mol. The monoisotopic (exact) mass is 332 g/mol. The summed E-state index contributed by atoms with van der Waals surface area (Å²) in [6.07, 6.45) is -0.514. The fourth-order valence-electron chi connectivity index (χ4n) is 1.78. The minimum Gasteiger partial charge on any atom is -0.359 e. The number of carbonyl (C=O) groups excluding carboxylic acids is 1. The molecule has 5 nitrogen and oxygen atoms in total. The van der Waals surface area contributed by atoms with Gasteiger partial charge in [-0.05, 0) is 24.3 Å². The fourth-order valence-corrected chi connectivity index (χ4v) is 1.78. The van der Waals surface area contributed by atoms with Gasteiger partial charge in [-0.15, -0.1) is 0 Å². The van der Waals surface area contributed by atoms with Crippen molar-refractivity contribution in [3.05, 3.63) is 66.1 Å². The van der Waals surface area contributed by atoms with Gasteiger partial charge in [-0.3, -0.25) is 9.78 Å². The van der Waals surface area contributed by atoms with Gasteiger partial charge in [0.2, 0.25) is 0 Å². The molecule has 0 saturated heterocycles. The third-order valence-corrected chi connectivity index (χ3v) is 2.89. The van der Waals surface area contributed by atoms with Crippen LogP contribution in [0.1, 0.15) is 5.56 Å². The molecule has 0 radical (unpaired) electrons. The Hall–Kier alpha value is -3.34. The van der Waals surface area contributed by atoms with E-state index in [-0.39, 0.29) is 5.57 Å². The molecule has 0 bridgehead atoms. The van der Waals surface area contributed by atoms with E-state index in [4.69, 9.17) is 5.26 Å². The minimum absolute atomic E-state index is 0.379. The molecule has 24 heavy (non-hydrogen) atoms. The largest absolute Gasteiger partial charge is 0.418 e. The van der Waals surface area contributed by atoms with Gasteiger partial charge in [0.25, 0.3) is 5.91 Å². The van der Waals surface area contributed by atoms with E-state index in [2.05, 4.69) is 15.6 Å². The number of nitrogens with zero attached hydrogens (tertiary/aromatic N) is 2. The number of nitrogens with one attached hydrogen (secondary N) is 2. The lowest BCUT2D eigenvalue weighted by molar-refractivity contribution is -0.137. The Balaban J connectivity index is 2.18. The number of anilines is 2. The van der Waals surface area contributed by atoms with Crippen molar-refractivity contribution in [3.8, 4) is 6.07 Å². The van der Waals surface area contributed by atoms with Crippen LogP contribution in [0.25, 0.3) is 0 Å². The number of hydrogen-bond acceptors (Lipinski definition) is 4. The number of benzene rings is 1. The molecule has 0 unspecified atom stereocenters. The van der Waals surface area contributed by atoms with Crippen molar-refractivity contribution >= 4 is 17.3 Å². The van der Waals surface area contributed by atoms with Gasteiger partial charge < -0.3 is 10.6 Å². The summed E-state index contributed by atoms with van der Waals surface area (Å²) in [5.41, 5.74) is -1.27. The summed E-state index contributed by atoms with van der Waals surface area (Å²) in [5, 5.41) is 13.8. The lowest BCUT2D eigenvalue weighted by atomic mass is 10.1. The van der Waals surface area contributed by atoms with Crippen LogP contribution in [0.15, 0.2) is 60.6 Å². The number of aromatic nitrogens is 1. The van der Waals surface area contributed by atoms with Crippen LogP contribution in [0.5, 0.6) is 0 Å². The Labute approximate surface area is 135 Å². The van der Waals surface area contributed by atoms with Crippen LogP contribution in [0.4, 0.5) is 24.5 Å². The molecule has 2 rings (SSSR count). The predicted octanol–water partition coefficient (Wildman–Crippen LogP) is 3.56. The number of amides is 1. The maximum Gasteiger partial charge on any atom is 0.418 e. The van der Waals surface area contributed by atoms with Crippen LogP contribution < -0.4 is 10.6 Å². The Morgan fingerprint density at radius 2 is 1.96 bits per heavy atom. The first kappa shape index (κ1) is 17.0. The molecular formula is C16H11F3N4O. The zero-order valence-electron chi connectivity index (χ0n) is 12.1. The first-order valence-corrected chi connectivity index (χ1v) is 6.66. The third kappa shape index (κ3) is 4.33. The van der Waals surface area contributed by atoms with E-state index in [1.807, 2.05) is 0 Å². The van der Waals surface area contributed by atoms with Gasteiger partial charge in [0, 0.05) is 12.4 Å². The summed E-state index contributed by atoms with van der Waals surface area (Å²) in [6.45, 7) is 0. The molecule has 0 fully saturated rings. The molecular weight excluding hydrogens is 321 g/mol. The number of nitriles is 1. The first-order chi connectivity index (χ1) is 11.4. The molecule has 0 aliphatic rings. The molecule has 1 heterocycles. The van der Waals surface area contributed by atoms with Gasteiger partial charge in [-0.25, -0.2) is 0 Å². The molecule has 0 spiro atoms. The Bertz CT molecular complexity index is 795. The second-order valence-electron chi connectivity index (χ2n) is 4.55. The summed E-state index contributed by atoms with van der Waals surface area (Å²) in [5.74, 6) is -0.953.